The van der Waals surface area contributed by atoms with E-state index < -0.39 is 17.8 Å². The zero-order valence-corrected chi connectivity index (χ0v) is 15.5. The zero-order chi connectivity index (χ0) is 20.5. The lowest BCUT2D eigenvalue weighted by Crippen LogP contribution is -2.57. The molecule has 28 heavy (non-hydrogen) atoms. The van der Waals surface area contributed by atoms with Gasteiger partial charge in [-0.15, -0.1) is 0 Å². The number of anilines is 1. The fourth-order valence-electron chi connectivity index (χ4n) is 3.19. The van der Waals surface area contributed by atoms with Crippen LogP contribution in [0.25, 0.3) is 0 Å². The summed E-state index contributed by atoms with van der Waals surface area (Å²) in [5.74, 6) is 0.663. The Morgan fingerprint density at radius 1 is 1.32 bits per heavy atom. The largest absolute Gasteiger partial charge is 0.416 e. The van der Waals surface area contributed by atoms with E-state index in [-0.39, 0.29) is 35.4 Å². The average Bonchev–Trinajstić information content (AvgIpc) is 2.65. The summed E-state index contributed by atoms with van der Waals surface area (Å²) < 4.78 is 39.3. The topological polar surface area (TPSA) is 94.7 Å². The summed E-state index contributed by atoms with van der Waals surface area (Å²) >= 11 is 0. The molecule has 0 spiro atoms. The van der Waals surface area contributed by atoms with Gasteiger partial charge in [-0.2, -0.15) is 18.4 Å². The first-order valence-electron chi connectivity index (χ1n) is 8.83. The molecule has 1 aliphatic rings. The van der Waals surface area contributed by atoms with Crippen molar-refractivity contribution < 1.29 is 18.3 Å². The Morgan fingerprint density at radius 2 is 2.07 bits per heavy atom. The number of aliphatic hydroxyl groups is 1. The maximum absolute atomic E-state index is 13.1. The Morgan fingerprint density at radius 3 is 2.68 bits per heavy atom. The molecule has 0 unspecified atom stereocenters. The van der Waals surface area contributed by atoms with Gasteiger partial charge in [0.2, 0.25) is 0 Å². The smallest absolute Gasteiger partial charge is 0.392 e. The van der Waals surface area contributed by atoms with Crippen molar-refractivity contribution in [3.8, 4) is 6.07 Å². The van der Waals surface area contributed by atoms with Gasteiger partial charge in [-0.05, 0) is 24.5 Å². The molecule has 0 amide bonds. The highest BCUT2D eigenvalue weighted by atomic mass is 19.4. The number of pyridine rings is 1. The minimum atomic E-state index is -4.45. The number of nitriles is 1. The first kappa shape index (κ1) is 20.0. The van der Waals surface area contributed by atoms with Crippen LogP contribution < -0.4 is 5.32 Å². The summed E-state index contributed by atoms with van der Waals surface area (Å²) in [4.78, 5) is 12.2. The third-order valence-electron chi connectivity index (χ3n) is 5.31. The van der Waals surface area contributed by atoms with Crippen LogP contribution in [0.4, 0.5) is 19.0 Å². The Balaban J connectivity index is 1.77. The van der Waals surface area contributed by atoms with Crippen LogP contribution in [0.2, 0.25) is 0 Å². The number of nitrogens with zero attached hydrogens (tertiary/aromatic N) is 4. The van der Waals surface area contributed by atoms with Crippen LogP contribution in [0.3, 0.4) is 0 Å². The lowest BCUT2D eigenvalue weighted by molar-refractivity contribution is -0.138. The second-order valence-corrected chi connectivity index (χ2v) is 7.46. The van der Waals surface area contributed by atoms with Crippen molar-refractivity contribution in [1.29, 1.82) is 5.26 Å². The Kier molecular flexibility index (Phi) is 5.26. The maximum Gasteiger partial charge on any atom is 0.416 e. The molecule has 6 nitrogen and oxygen atoms in total. The van der Waals surface area contributed by atoms with Crippen LogP contribution in [0.5, 0.6) is 0 Å². The van der Waals surface area contributed by atoms with Crippen molar-refractivity contribution in [2.24, 2.45) is 5.41 Å². The molecule has 2 N–H and O–H groups in total. The molecular weight excluding hydrogens is 371 g/mol. The molecule has 1 saturated carbocycles. The van der Waals surface area contributed by atoms with Gasteiger partial charge in [0, 0.05) is 30.3 Å². The van der Waals surface area contributed by atoms with Crippen molar-refractivity contribution >= 4 is 5.82 Å². The fourth-order valence-corrected chi connectivity index (χ4v) is 3.19. The normalized spacial score (nSPS) is 20.9. The van der Waals surface area contributed by atoms with Crippen LogP contribution in [-0.2, 0) is 19.0 Å². The maximum atomic E-state index is 13.1. The van der Waals surface area contributed by atoms with E-state index in [1.807, 2.05) is 19.9 Å². The number of aliphatic hydroxyl groups excluding tert-OH is 1. The van der Waals surface area contributed by atoms with Crippen molar-refractivity contribution in [1.82, 2.24) is 15.0 Å². The molecule has 0 radical (unpaired) electrons. The Hall–Kier alpha value is -2.73. The molecule has 9 heteroatoms. The van der Waals surface area contributed by atoms with E-state index >= 15 is 0 Å². The fraction of sp³-hybridized carbons (Fsp3) is 0.474. The van der Waals surface area contributed by atoms with E-state index in [2.05, 4.69) is 20.3 Å². The second kappa shape index (κ2) is 7.36. The van der Waals surface area contributed by atoms with Gasteiger partial charge in [-0.25, -0.2) is 9.97 Å². The molecule has 1 fully saturated rings. The molecule has 148 valence electrons. The van der Waals surface area contributed by atoms with Gasteiger partial charge >= 0.3 is 6.18 Å². The first-order valence-corrected chi connectivity index (χ1v) is 8.83. The summed E-state index contributed by atoms with van der Waals surface area (Å²) in [6.45, 7) is 3.82. The molecule has 0 aliphatic heterocycles. The van der Waals surface area contributed by atoms with Crippen molar-refractivity contribution in [3.63, 3.8) is 0 Å². The van der Waals surface area contributed by atoms with Crippen LogP contribution in [-0.4, -0.2) is 32.2 Å². The third-order valence-corrected chi connectivity index (χ3v) is 5.31. The second-order valence-electron chi connectivity index (χ2n) is 7.46. The zero-order valence-electron chi connectivity index (χ0n) is 15.5. The number of aryl methyl sites for hydroxylation is 2. The number of aromatic nitrogens is 3. The molecular formula is C19H20F3N5O. The molecule has 2 aromatic heterocycles. The van der Waals surface area contributed by atoms with E-state index in [0.717, 1.165) is 12.3 Å². The number of nitrogens with one attached hydrogen (secondary N) is 1. The molecule has 2 aromatic rings. The van der Waals surface area contributed by atoms with E-state index in [1.165, 1.54) is 12.4 Å². The quantitative estimate of drug-likeness (QED) is 0.813. The molecule has 1 aliphatic carbocycles. The van der Waals surface area contributed by atoms with Gasteiger partial charge in [0.25, 0.3) is 0 Å². The highest BCUT2D eigenvalue weighted by Crippen LogP contribution is 2.42. The Bertz CT molecular complexity index is 907. The van der Waals surface area contributed by atoms with Crippen LogP contribution in [0, 0.1) is 16.7 Å². The van der Waals surface area contributed by atoms with E-state index in [0.29, 0.717) is 18.1 Å². The summed E-state index contributed by atoms with van der Waals surface area (Å²) in [6, 6.07) is 2.90. The van der Waals surface area contributed by atoms with Crippen molar-refractivity contribution in [2.75, 3.05) is 5.32 Å². The number of hydrogen-bond donors (Lipinski definition) is 2. The highest BCUT2D eigenvalue weighted by molar-refractivity contribution is 5.52. The average molecular weight is 391 g/mol. The molecule has 2 atom stereocenters. The number of rotatable bonds is 5. The third kappa shape index (κ3) is 3.92. The highest BCUT2D eigenvalue weighted by Gasteiger charge is 2.47. The van der Waals surface area contributed by atoms with Crippen molar-refractivity contribution in [2.45, 2.75) is 51.4 Å². The minimum Gasteiger partial charge on any atom is -0.392 e. The van der Waals surface area contributed by atoms with E-state index in [4.69, 9.17) is 0 Å². The first-order chi connectivity index (χ1) is 13.1. The van der Waals surface area contributed by atoms with Crippen LogP contribution >= 0.6 is 0 Å². The predicted octanol–water partition coefficient (Wildman–Crippen LogP) is 3.12. The standard InChI is InChI=1S/C19H20F3N5O/c1-18(2)14(7-15(18)28)26-17-12(8-23)10-25-16(27-17)4-3-11-9-24-6-5-13(11)19(20,21)22/h5-6,9-10,14-15,28H,3-4,7H2,1-2H3,(H,25,26,27)/t14-,15+/m0/s1. The monoisotopic (exact) mass is 391 g/mol. The number of alkyl halides is 3. The van der Waals surface area contributed by atoms with Gasteiger partial charge in [-0.3, -0.25) is 4.98 Å². The van der Waals surface area contributed by atoms with Gasteiger partial charge in [0.15, 0.2) is 0 Å². The molecule has 0 aromatic carbocycles. The van der Waals surface area contributed by atoms with Crippen LogP contribution in [0.1, 0.15) is 42.8 Å². The van der Waals surface area contributed by atoms with Gasteiger partial charge in [0.1, 0.15) is 23.3 Å². The summed E-state index contributed by atoms with van der Waals surface area (Å²) in [5.41, 5.74) is -0.770. The van der Waals surface area contributed by atoms with Crippen molar-refractivity contribution in [3.05, 3.63) is 47.2 Å². The molecule has 0 saturated heterocycles. The van der Waals surface area contributed by atoms with Gasteiger partial charge in [-0.1, -0.05) is 13.8 Å². The summed E-state index contributed by atoms with van der Waals surface area (Å²) in [5, 5.41) is 22.3. The van der Waals surface area contributed by atoms with Gasteiger partial charge < -0.3 is 10.4 Å². The van der Waals surface area contributed by atoms with Gasteiger partial charge in [0.05, 0.1) is 17.9 Å². The van der Waals surface area contributed by atoms with E-state index in [9.17, 15) is 23.5 Å². The number of halogens is 3. The molecule has 0 bridgehead atoms. The minimum absolute atomic E-state index is 0.0625. The molecule has 3 rings (SSSR count). The lowest BCUT2D eigenvalue weighted by Gasteiger charge is -2.49. The lowest BCUT2D eigenvalue weighted by atomic mass is 9.64. The van der Waals surface area contributed by atoms with E-state index in [1.54, 1.807) is 0 Å². The molecule has 2 heterocycles. The number of hydrogen-bond acceptors (Lipinski definition) is 6. The predicted molar refractivity (Wildman–Crippen MR) is 95.2 cm³/mol. The Labute approximate surface area is 160 Å². The summed E-state index contributed by atoms with van der Waals surface area (Å²) in [6.07, 6.45) is -0.447. The van der Waals surface area contributed by atoms with Crippen LogP contribution in [0.15, 0.2) is 24.7 Å². The summed E-state index contributed by atoms with van der Waals surface area (Å²) in [7, 11) is 0. The SMILES string of the molecule is CC1(C)[C@H](O)C[C@@H]1Nc1nc(CCc2cnccc2C(F)(F)F)ncc1C#N.